The number of ether oxygens (including phenoxy) is 3. The van der Waals surface area contributed by atoms with Gasteiger partial charge in [-0.15, -0.1) is 0 Å². The monoisotopic (exact) mass is 1200 g/mol. The Morgan fingerprint density at radius 2 is 1.39 bits per heavy atom. The number of rotatable bonds is 33. The Balaban J connectivity index is 0.000000286. The highest BCUT2D eigenvalue weighted by atomic mass is 32.2. The van der Waals surface area contributed by atoms with E-state index in [1.54, 1.807) is 67.1 Å². The molecular weight excluding hydrogens is 1140 g/mol. The number of H-pyrrole nitrogens is 1. The maximum atomic E-state index is 13.1. The van der Waals surface area contributed by atoms with Gasteiger partial charge in [0.05, 0.1) is 59.7 Å². The second-order valence-corrected chi connectivity index (χ2v) is 22.7. The van der Waals surface area contributed by atoms with Crippen molar-refractivity contribution in [2.75, 3.05) is 76.6 Å². The minimum atomic E-state index is -4.36. The first-order valence-corrected chi connectivity index (χ1v) is 30.5. The third-order valence-corrected chi connectivity index (χ3v) is 15.7. The molecule has 26 nitrogen and oxygen atoms in total. The van der Waals surface area contributed by atoms with Crippen LogP contribution < -0.4 is 30.8 Å². The molecule has 0 radical (unpaired) electrons. The third-order valence-electron chi connectivity index (χ3n) is 11.8. The number of aliphatic carboxylic acids is 1. The van der Waals surface area contributed by atoms with Gasteiger partial charge in [0.2, 0.25) is 20.0 Å². The van der Waals surface area contributed by atoms with Crippen LogP contribution in [0.25, 0.3) is 22.0 Å². The molecule has 0 saturated heterocycles. The van der Waals surface area contributed by atoms with Crippen molar-refractivity contribution in [1.82, 2.24) is 44.8 Å². The molecule has 9 N–H and O–H groups in total. The van der Waals surface area contributed by atoms with Crippen molar-refractivity contribution in [2.45, 2.75) is 60.4 Å². The van der Waals surface area contributed by atoms with Gasteiger partial charge in [0.15, 0.2) is 5.95 Å². The second kappa shape index (κ2) is 32.0. The van der Waals surface area contributed by atoms with Gasteiger partial charge in [-0.25, -0.2) is 31.5 Å². The van der Waals surface area contributed by atoms with Crippen molar-refractivity contribution in [3.63, 3.8) is 0 Å². The number of carboxylic acid groups (broad SMARTS) is 1. The van der Waals surface area contributed by atoms with E-state index in [4.69, 9.17) is 14.2 Å². The number of sulfonamides is 2. The molecule has 3 aromatic heterocycles. The van der Waals surface area contributed by atoms with Crippen LogP contribution in [0.3, 0.4) is 0 Å². The van der Waals surface area contributed by atoms with Crippen LogP contribution in [-0.2, 0) is 55.7 Å². The predicted molar refractivity (Wildman–Crippen MR) is 310 cm³/mol. The summed E-state index contributed by atoms with van der Waals surface area (Å²) in [4.78, 5) is 47.9. The number of carboxylic acids is 1. The second-order valence-electron chi connectivity index (χ2n) is 17.9. The molecule has 3 heterocycles. The van der Waals surface area contributed by atoms with Gasteiger partial charge in [-0.1, -0.05) is 49.4 Å². The molecule has 0 saturated carbocycles. The van der Waals surface area contributed by atoms with Crippen molar-refractivity contribution >= 4 is 76.8 Å². The van der Waals surface area contributed by atoms with Gasteiger partial charge in [0.25, 0.3) is 21.9 Å². The molecule has 0 aliphatic carbocycles. The number of aromatic nitrogens is 5. The number of anilines is 2. The predicted octanol–water partition coefficient (Wildman–Crippen LogP) is 4.74. The molecular formula is C54H66N12O14S3. The quantitative estimate of drug-likeness (QED) is 0.0116. The van der Waals surface area contributed by atoms with E-state index >= 15 is 0 Å². The first-order valence-electron chi connectivity index (χ1n) is 26.1. The van der Waals surface area contributed by atoms with E-state index in [-0.39, 0.29) is 31.7 Å². The zero-order chi connectivity index (χ0) is 59.7. The first kappa shape index (κ1) is 64.2. The third kappa shape index (κ3) is 20.4. The van der Waals surface area contributed by atoms with E-state index in [2.05, 4.69) is 56.0 Å². The standard InChI is InChI=1S/C32H36N8O7S2.C22H30N4O7S/c1-2-14-38-48(44,45)26-9-4-22(5-10-26)23-6-11-27(12-7-23)49(46,47)39-28(31(42)43)21-36-30(41)24-8-13-29-25(19-24)20-37-40(29)18-3-15-33-32-34-16-17-35-32;1-2-31-12-13-33-15-14-32-11-5-10-23-22(27)19-8-9-21(24-16-19)26-25-17-18-6-3-4-7-20(18)34(28,29)30/h4-13,16-17,19-20,28,38-39H,2-3,14-15,18,21H2,1H3,(H,36,41)(H,42,43)(H2,33,34,35);3-4,6-9,16-17H,2,5,10-15H2,1H3,(H,23,27)(H,24,26)(H,28,29,30)/b;25-17+. The number of nitrogens with zero attached hydrogens (tertiary/aromatic N) is 5. The zero-order valence-corrected chi connectivity index (χ0v) is 47.9. The molecule has 0 bridgehead atoms. The van der Waals surface area contributed by atoms with Crippen LogP contribution in [0.4, 0.5) is 11.8 Å². The van der Waals surface area contributed by atoms with Crippen LogP contribution >= 0.6 is 0 Å². The molecule has 1 atom stereocenters. The zero-order valence-electron chi connectivity index (χ0n) is 45.4. The van der Waals surface area contributed by atoms with Crippen LogP contribution in [0.1, 0.15) is 59.4 Å². The fourth-order valence-corrected chi connectivity index (χ4v) is 10.5. The molecule has 0 aliphatic heterocycles. The van der Waals surface area contributed by atoms with Gasteiger partial charge in [0, 0.05) is 81.0 Å². The van der Waals surface area contributed by atoms with Crippen LogP contribution in [0.5, 0.6) is 0 Å². The van der Waals surface area contributed by atoms with Crippen molar-refractivity contribution < 1.29 is 63.5 Å². The number of aryl methyl sites for hydroxylation is 1. The van der Waals surface area contributed by atoms with E-state index in [0.717, 1.165) is 17.3 Å². The number of benzene rings is 4. The number of carbonyl (C=O) groups excluding carboxylic acids is 2. The number of fused-ring (bicyclic) bond motifs is 1. The molecule has 7 rings (SSSR count). The number of amides is 2. The van der Waals surface area contributed by atoms with Gasteiger partial charge in [-0.05, 0) is 98.0 Å². The minimum Gasteiger partial charge on any atom is -0.480 e. The van der Waals surface area contributed by atoms with Gasteiger partial charge in [-0.2, -0.15) is 23.3 Å². The van der Waals surface area contributed by atoms with Gasteiger partial charge >= 0.3 is 5.97 Å². The summed E-state index contributed by atoms with van der Waals surface area (Å²) in [6, 6.07) is 24.2. The smallest absolute Gasteiger partial charge is 0.323 e. The fraction of sp³-hybridized carbons (Fsp3) is 0.315. The van der Waals surface area contributed by atoms with E-state index < -0.39 is 54.6 Å². The van der Waals surface area contributed by atoms with E-state index in [1.165, 1.54) is 67.0 Å². The number of hydrogen-bond acceptors (Lipinski definition) is 18. The van der Waals surface area contributed by atoms with Crippen molar-refractivity contribution in [3.05, 3.63) is 145 Å². The number of aromatic amines is 1. The summed E-state index contributed by atoms with van der Waals surface area (Å²) < 4.78 is 105. The molecule has 29 heteroatoms. The lowest BCUT2D eigenvalue weighted by Gasteiger charge is -2.16. The molecule has 444 valence electrons. The minimum absolute atomic E-state index is 0.109. The summed E-state index contributed by atoms with van der Waals surface area (Å²) in [6.07, 6.45) is 9.77. The Labute approximate surface area is 480 Å². The number of imidazole rings is 1. The average Bonchev–Trinajstić information content (AvgIpc) is 4.41. The Kier molecular flexibility index (Phi) is 24.7. The van der Waals surface area contributed by atoms with E-state index in [0.29, 0.717) is 107 Å². The summed E-state index contributed by atoms with van der Waals surface area (Å²) in [6.45, 7) is 8.67. The highest BCUT2D eigenvalue weighted by Gasteiger charge is 2.27. The van der Waals surface area contributed by atoms with Crippen molar-refractivity contribution in [1.29, 1.82) is 0 Å². The summed E-state index contributed by atoms with van der Waals surface area (Å²) in [5, 5.41) is 27.2. The van der Waals surface area contributed by atoms with Gasteiger partial charge in [0.1, 0.15) is 16.8 Å². The Morgan fingerprint density at radius 1 is 0.723 bits per heavy atom. The molecule has 0 fully saturated rings. The summed E-state index contributed by atoms with van der Waals surface area (Å²) >= 11 is 0. The number of pyridine rings is 1. The fourth-order valence-electron chi connectivity index (χ4n) is 7.56. The van der Waals surface area contributed by atoms with Crippen LogP contribution in [0, 0.1) is 0 Å². The first-order chi connectivity index (χ1) is 39.9. The topological polar surface area (TPSA) is 366 Å². The number of hydrogen-bond donors (Lipinski definition) is 9. The SMILES string of the molecule is CCCNS(=O)(=O)c1ccc(-c2ccc(S(=O)(=O)NC(CNC(=O)c3ccc4c(cnn4CCCNc4ncc[nH]4)c3)C(=O)O)cc2)cc1.CCOCCOCCOCCCNC(=O)c1ccc(N/N=C/c2ccccc2S(=O)(=O)O)nc1. The van der Waals surface area contributed by atoms with E-state index in [9.17, 15) is 49.3 Å². The Bertz CT molecular complexity index is 3570. The van der Waals surface area contributed by atoms with Crippen LogP contribution in [-0.4, -0.2) is 156 Å². The van der Waals surface area contributed by atoms with Gasteiger partial charge < -0.3 is 40.3 Å². The normalized spacial score (nSPS) is 12.1. The van der Waals surface area contributed by atoms with E-state index in [1.807, 2.05) is 18.5 Å². The largest absolute Gasteiger partial charge is 0.480 e. The highest BCUT2D eigenvalue weighted by molar-refractivity contribution is 7.89. The molecule has 0 spiro atoms. The molecule has 4 aromatic carbocycles. The lowest BCUT2D eigenvalue weighted by molar-refractivity contribution is -0.138. The number of hydrazone groups is 1. The van der Waals surface area contributed by atoms with Crippen LogP contribution in [0.2, 0.25) is 0 Å². The van der Waals surface area contributed by atoms with Crippen molar-refractivity contribution in [3.8, 4) is 11.1 Å². The maximum absolute atomic E-state index is 13.1. The molecule has 1 unspecified atom stereocenters. The average molecular weight is 1200 g/mol. The molecule has 7 aromatic rings. The lowest BCUT2D eigenvalue weighted by Crippen LogP contribution is -2.48. The molecule has 83 heavy (non-hydrogen) atoms. The summed E-state index contributed by atoms with van der Waals surface area (Å²) in [7, 11) is -12.3. The summed E-state index contributed by atoms with van der Waals surface area (Å²) in [5.74, 6) is -1.27. The maximum Gasteiger partial charge on any atom is 0.323 e. The van der Waals surface area contributed by atoms with Gasteiger partial charge in [-0.3, -0.25) is 29.0 Å². The van der Waals surface area contributed by atoms with Crippen LogP contribution in [0.15, 0.2) is 148 Å². The number of carbonyl (C=O) groups is 3. The highest BCUT2D eigenvalue weighted by Crippen LogP contribution is 2.24. The summed E-state index contributed by atoms with van der Waals surface area (Å²) in [5.41, 5.74) is 5.60. The lowest BCUT2D eigenvalue weighted by atomic mass is 10.1. The van der Waals surface area contributed by atoms with Crippen molar-refractivity contribution in [2.24, 2.45) is 5.10 Å². The molecule has 2 amide bonds. The number of nitrogens with one attached hydrogen (secondary N) is 7. The Morgan fingerprint density at radius 3 is 2.02 bits per heavy atom. The Hall–Kier alpha value is -8.00. The molecule has 0 aliphatic rings.